The molecule has 1 aromatic rings. The molecule has 1 unspecified atom stereocenters. The lowest BCUT2D eigenvalue weighted by molar-refractivity contribution is -0.117. The topological polar surface area (TPSA) is 76.4 Å². The van der Waals surface area contributed by atoms with Gasteiger partial charge < -0.3 is 10.4 Å². The summed E-state index contributed by atoms with van der Waals surface area (Å²) in [6, 6.07) is 3.70. The molecule has 1 fully saturated rings. The van der Waals surface area contributed by atoms with E-state index in [1.807, 2.05) is 11.0 Å². The Hall–Kier alpha value is -1.42. The second kappa shape index (κ2) is 5.27. The van der Waals surface area contributed by atoms with Crippen LogP contribution in [0.4, 0.5) is 5.00 Å². The lowest BCUT2D eigenvalue weighted by Crippen LogP contribution is -2.32. The highest BCUT2D eigenvalue weighted by molar-refractivity contribution is 7.14. The molecule has 0 radical (unpaired) electrons. The van der Waals surface area contributed by atoms with Crippen LogP contribution in [0.2, 0.25) is 0 Å². The van der Waals surface area contributed by atoms with Crippen LogP contribution in [0.3, 0.4) is 0 Å². The van der Waals surface area contributed by atoms with Gasteiger partial charge in [0.2, 0.25) is 5.91 Å². The number of likely N-dealkylation sites (tertiary alicyclic amines) is 1. The van der Waals surface area contributed by atoms with Gasteiger partial charge in [0.1, 0.15) is 11.1 Å². The summed E-state index contributed by atoms with van der Waals surface area (Å²) in [7, 11) is 0. The fraction of sp³-hybridized carbons (Fsp3) is 0.455. The van der Waals surface area contributed by atoms with E-state index >= 15 is 0 Å². The quantitative estimate of drug-likeness (QED) is 0.826. The smallest absolute Gasteiger partial charge is 0.239 e. The maximum absolute atomic E-state index is 11.7. The third kappa shape index (κ3) is 3.03. The van der Waals surface area contributed by atoms with Crippen LogP contribution < -0.4 is 5.32 Å². The van der Waals surface area contributed by atoms with Crippen LogP contribution in [0.25, 0.3) is 0 Å². The van der Waals surface area contributed by atoms with Gasteiger partial charge in [-0.3, -0.25) is 9.69 Å². The van der Waals surface area contributed by atoms with Gasteiger partial charge in [-0.1, -0.05) is 0 Å². The first kappa shape index (κ1) is 12.0. The Morgan fingerprint density at radius 1 is 1.76 bits per heavy atom. The summed E-state index contributed by atoms with van der Waals surface area (Å²) in [4.78, 5) is 13.6. The first-order chi connectivity index (χ1) is 8.19. The first-order valence-electron chi connectivity index (χ1n) is 5.37. The highest BCUT2D eigenvalue weighted by Crippen LogP contribution is 2.22. The highest BCUT2D eigenvalue weighted by Gasteiger charge is 2.22. The maximum Gasteiger partial charge on any atom is 0.239 e. The lowest BCUT2D eigenvalue weighted by atomic mass is 10.3. The third-order valence-corrected chi connectivity index (χ3v) is 3.48. The fourth-order valence-corrected chi connectivity index (χ4v) is 2.57. The van der Waals surface area contributed by atoms with Gasteiger partial charge in [0.25, 0.3) is 0 Å². The molecule has 17 heavy (non-hydrogen) atoms. The van der Waals surface area contributed by atoms with Crippen LogP contribution >= 0.6 is 11.3 Å². The Morgan fingerprint density at radius 3 is 3.24 bits per heavy atom. The molecular formula is C11H13N3O2S. The summed E-state index contributed by atoms with van der Waals surface area (Å²) in [5.41, 5.74) is 0.491. The van der Waals surface area contributed by atoms with Crippen LogP contribution in [0, 0.1) is 11.3 Å². The minimum Gasteiger partial charge on any atom is -0.392 e. The number of aliphatic hydroxyl groups is 1. The van der Waals surface area contributed by atoms with Crippen molar-refractivity contribution in [2.45, 2.75) is 12.5 Å². The molecule has 0 aromatic carbocycles. The number of hydrogen-bond donors (Lipinski definition) is 2. The van der Waals surface area contributed by atoms with Crippen molar-refractivity contribution in [3.8, 4) is 6.07 Å². The van der Waals surface area contributed by atoms with Crippen molar-refractivity contribution < 1.29 is 9.90 Å². The highest BCUT2D eigenvalue weighted by atomic mass is 32.1. The summed E-state index contributed by atoms with van der Waals surface area (Å²) in [5, 5.41) is 23.2. The lowest BCUT2D eigenvalue weighted by Gasteiger charge is -2.13. The average Bonchev–Trinajstić information content (AvgIpc) is 2.87. The van der Waals surface area contributed by atoms with Gasteiger partial charge in [0.05, 0.1) is 18.2 Å². The van der Waals surface area contributed by atoms with Gasteiger partial charge in [-0.25, -0.2) is 0 Å². The summed E-state index contributed by atoms with van der Waals surface area (Å²) in [6.07, 6.45) is 0.398. The molecular weight excluding hydrogens is 238 g/mol. The molecule has 1 aliphatic heterocycles. The Labute approximate surface area is 103 Å². The van der Waals surface area contributed by atoms with E-state index in [0.29, 0.717) is 17.1 Å². The van der Waals surface area contributed by atoms with Crippen LogP contribution in [0.1, 0.15) is 12.0 Å². The van der Waals surface area contributed by atoms with E-state index in [2.05, 4.69) is 5.32 Å². The van der Waals surface area contributed by atoms with Gasteiger partial charge in [-0.05, 0) is 17.9 Å². The third-order valence-electron chi connectivity index (χ3n) is 2.65. The standard InChI is InChI=1S/C11H13N3O2S/c12-5-8-2-4-17-11(8)13-10(16)7-14-3-1-9(15)6-14/h2,4,9,15H,1,3,6-7H2,(H,13,16). The minimum absolute atomic E-state index is 0.141. The van der Waals surface area contributed by atoms with Gasteiger partial charge in [0, 0.05) is 13.1 Å². The van der Waals surface area contributed by atoms with Crippen molar-refractivity contribution in [3.05, 3.63) is 17.0 Å². The zero-order chi connectivity index (χ0) is 12.3. The zero-order valence-corrected chi connectivity index (χ0v) is 10.0. The van der Waals surface area contributed by atoms with Crippen molar-refractivity contribution in [3.63, 3.8) is 0 Å². The second-order valence-corrected chi connectivity index (χ2v) is 4.92. The minimum atomic E-state index is -0.320. The molecule has 0 spiro atoms. The predicted molar refractivity (Wildman–Crippen MR) is 64.7 cm³/mol. The number of hydrogen-bond acceptors (Lipinski definition) is 5. The largest absolute Gasteiger partial charge is 0.392 e. The molecule has 0 saturated carbocycles. The summed E-state index contributed by atoms with van der Waals surface area (Å²) < 4.78 is 0. The summed E-state index contributed by atoms with van der Waals surface area (Å²) >= 11 is 1.34. The number of carbonyl (C=O) groups excluding carboxylic acids is 1. The van der Waals surface area contributed by atoms with E-state index in [1.54, 1.807) is 11.4 Å². The Morgan fingerprint density at radius 2 is 2.59 bits per heavy atom. The Bertz CT molecular complexity index is 452. The van der Waals surface area contributed by atoms with Gasteiger partial charge in [-0.15, -0.1) is 11.3 Å². The summed E-state index contributed by atoms with van der Waals surface area (Å²) in [5.74, 6) is -0.141. The SMILES string of the molecule is N#Cc1ccsc1NC(=O)CN1CCC(O)C1. The van der Waals surface area contributed by atoms with E-state index < -0.39 is 0 Å². The number of amides is 1. The number of β-amino-alcohol motifs (C(OH)–C–C–N with tert-alkyl or cyclic N) is 1. The molecule has 1 amide bonds. The average molecular weight is 251 g/mol. The van der Waals surface area contributed by atoms with Crippen LogP contribution in [0.5, 0.6) is 0 Å². The van der Waals surface area contributed by atoms with Gasteiger partial charge >= 0.3 is 0 Å². The Balaban J connectivity index is 1.88. The Kier molecular flexibility index (Phi) is 3.74. The monoisotopic (exact) mass is 251 g/mol. The molecule has 2 heterocycles. The van der Waals surface area contributed by atoms with E-state index in [4.69, 9.17) is 5.26 Å². The second-order valence-electron chi connectivity index (χ2n) is 4.00. The first-order valence-corrected chi connectivity index (χ1v) is 6.25. The number of anilines is 1. The van der Waals surface area contributed by atoms with Crippen LogP contribution in [0.15, 0.2) is 11.4 Å². The number of nitriles is 1. The number of rotatable bonds is 3. The molecule has 1 aromatic heterocycles. The molecule has 6 heteroatoms. The van der Waals surface area contributed by atoms with E-state index in [9.17, 15) is 9.90 Å². The molecule has 2 rings (SSSR count). The number of thiophene rings is 1. The molecule has 1 atom stereocenters. The van der Waals surface area contributed by atoms with Crippen molar-refractivity contribution in [2.75, 3.05) is 25.0 Å². The summed E-state index contributed by atoms with van der Waals surface area (Å²) in [6.45, 7) is 1.55. The van der Waals surface area contributed by atoms with Crippen LogP contribution in [-0.2, 0) is 4.79 Å². The van der Waals surface area contributed by atoms with Crippen molar-refractivity contribution in [1.82, 2.24) is 4.90 Å². The zero-order valence-electron chi connectivity index (χ0n) is 9.22. The van der Waals surface area contributed by atoms with Crippen molar-refractivity contribution in [2.24, 2.45) is 0 Å². The molecule has 2 N–H and O–H groups in total. The molecule has 0 bridgehead atoms. The predicted octanol–water partition coefficient (Wildman–Crippen LogP) is 0.625. The normalized spacial score (nSPS) is 20.1. The van der Waals surface area contributed by atoms with E-state index in [0.717, 1.165) is 13.0 Å². The molecule has 5 nitrogen and oxygen atoms in total. The number of carbonyl (C=O) groups is 1. The number of nitrogens with one attached hydrogen (secondary N) is 1. The van der Waals surface area contributed by atoms with Crippen molar-refractivity contribution >= 4 is 22.2 Å². The molecule has 1 aliphatic rings. The van der Waals surface area contributed by atoms with E-state index in [1.165, 1.54) is 11.3 Å². The molecule has 0 aliphatic carbocycles. The maximum atomic E-state index is 11.7. The molecule has 90 valence electrons. The van der Waals surface area contributed by atoms with Gasteiger partial charge in [0.15, 0.2) is 0 Å². The van der Waals surface area contributed by atoms with E-state index in [-0.39, 0.29) is 18.6 Å². The number of aliphatic hydroxyl groups excluding tert-OH is 1. The van der Waals surface area contributed by atoms with Gasteiger partial charge in [-0.2, -0.15) is 5.26 Å². The molecule has 1 saturated heterocycles. The fourth-order valence-electron chi connectivity index (χ4n) is 1.82. The van der Waals surface area contributed by atoms with Crippen LogP contribution in [-0.4, -0.2) is 41.7 Å². The number of nitrogens with zero attached hydrogens (tertiary/aromatic N) is 2. The van der Waals surface area contributed by atoms with Crippen molar-refractivity contribution in [1.29, 1.82) is 5.26 Å².